The summed E-state index contributed by atoms with van der Waals surface area (Å²) in [5.41, 5.74) is 9.67. The number of aryl methyl sites for hydroxylation is 1. The number of para-hydroxylation sites is 1. The van der Waals surface area contributed by atoms with Crippen molar-refractivity contribution in [3.05, 3.63) is 108 Å². The molecule has 2 fully saturated rings. The van der Waals surface area contributed by atoms with E-state index in [1.807, 2.05) is 13.2 Å². The molecule has 3 N–H and O–H groups in total. The summed E-state index contributed by atoms with van der Waals surface area (Å²) < 4.78 is 2.09. The van der Waals surface area contributed by atoms with Gasteiger partial charge in [0, 0.05) is 99.4 Å². The molecule has 0 bridgehead atoms. The van der Waals surface area contributed by atoms with Crippen molar-refractivity contribution in [2.75, 3.05) is 66.3 Å². The van der Waals surface area contributed by atoms with Crippen LogP contribution >= 0.6 is 11.6 Å². The lowest BCUT2D eigenvalue weighted by atomic mass is 9.94. The summed E-state index contributed by atoms with van der Waals surface area (Å²) >= 11 is 6.72. The van der Waals surface area contributed by atoms with Gasteiger partial charge >= 0.3 is 0 Å². The highest BCUT2D eigenvalue weighted by Gasteiger charge is 2.31. The summed E-state index contributed by atoms with van der Waals surface area (Å²) in [6.45, 7) is 31.3. The Hall–Kier alpha value is -5.33. The van der Waals surface area contributed by atoms with Crippen LogP contribution in [-0.4, -0.2) is 88.0 Å². The first kappa shape index (κ1) is 43.7. The second-order valence-electron chi connectivity index (χ2n) is 17.4. The number of benzene rings is 1. The number of aromatic nitrogens is 5. The number of piperidine rings is 1. The van der Waals surface area contributed by atoms with Crippen LogP contribution in [0.15, 0.2) is 91.8 Å². The highest BCUT2D eigenvalue weighted by Crippen LogP contribution is 2.39. The highest BCUT2D eigenvalue weighted by molar-refractivity contribution is 6.32. The Labute approximate surface area is 368 Å². The number of anilines is 5. The molecule has 0 radical (unpaired) electrons. The quantitative estimate of drug-likeness (QED) is 0.0948. The molecule has 324 valence electrons. The molecule has 3 aliphatic heterocycles. The number of nitrogens with zero attached hydrogens (tertiary/aromatic N) is 9. The summed E-state index contributed by atoms with van der Waals surface area (Å²) in [4.78, 5) is 24.3. The number of halogens is 1. The number of pyridine rings is 1. The zero-order valence-corrected chi connectivity index (χ0v) is 37.9. The predicted molar refractivity (Wildman–Crippen MR) is 256 cm³/mol. The Bertz CT molecular complexity index is 2290. The molecule has 0 saturated carbocycles. The lowest BCUT2D eigenvalue weighted by Gasteiger charge is -2.42. The van der Waals surface area contributed by atoms with E-state index in [0.717, 1.165) is 105 Å². The van der Waals surface area contributed by atoms with E-state index in [9.17, 15) is 0 Å². The van der Waals surface area contributed by atoms with E-state index in [4.69, 9.17) is 31.7 Å². The van der Waals surface area contributed by atoms with Crippen molar-refractivity contribution in [3.8, 4) is 0 Å². The monoisotopic (exact) mass is 845 g/mol. The third kappa shape index (κ3) is 9.76. The predicted octanol–water partition coefficient (Wildman–Crippen LogP) is 9.35. The van der Waals surface area contributed by atoms with Crippen molar-refractivity contribution in [1.29, 1.82) is 0 Å². The van der Waals surface area contributed by atoms with Crippen molar-refractivity contribution in [1.82, 2.24) is 40.3 Å². The van der Waals surface area contributed by atoms with Gasteiger partial charge in [-0.25, -0.2) is 9.97 Å². The van der Waals surface area contributed by atoms with Crippen LogP contribution in [0.3, 0.4) is 0 Å². The summed E-state index contributed by atoms with van der Waals surface area (Å²) in [6.07, 6.45) is 13.3. The molecule has 0 amide bonds. The molecule has 7 rings (SSSR count). The molecule has 12 nitrogen and oxygen atoms in total. The molecule has 3 aromatic heterocycles. The van der Waals surface area contributed by atoms with Crippen LogP contribution in [0.4, 0.5) is 29.0 Å². The zero-order chi connectivity index (χ0) is 43.4. The van der Waals surface area contributed by atoms with Crippen LogP contribution in [0.2, 0.25) is 5.02 Å². The minimum atomic E-state index is 0.202. The second-order valence-corrected chi connectivity index (χ2v) is 17.8. The van der Waals surface area contributed by atoms with E-state index in [0.29, 0.717) is 28.6 Å². The lowest BCUT2D eigenvalue weighted by molar-refractivity contribution is 0.181. The van der Waals surface area contributed by atoms with Crippen LogP contribution in [0.1, 0.15) is 83.4 Å². The molecule has 4 aromatic rings. The molecule has 1 aromatic carbocycles. The molecule has 61 heavy (non-hydrogen) atoms. The SMILES string of the molecule is C=CNC(=C)CCC(C)c1nn(C)c2c(N3CCC(CN4CCN(c5ncc(Cl)c(Nc6cnc7c(c6)C=C(CCC(=C)NC)C(=C)N7C(C)C)n5)C(C)C4)CC3)cccc12. The van der Waals surface area contributed by atoms with Gasteiger partial charge in [0.1, 0.15) is 10.8 Å². The van der Waals surface area contributed by atoms with Crippen molar-refractivity contribution in [3.63, 3.8) is 0 Å². The van der Waals surface area contributed by atoms with Gasteiger partial charge in [-0.1, -0.05) is 57.0 Å². The fraction of sp³-hybridized carbons (Fsp3) is 0.458. The number of allylic oxidation sites excluding steroid dienone is 3. The number of nitrogens with one attached hydrogen (secondary N) is 3. The molecular weight excluding hydrogens is 780 g/mol. The molecule has 6 heterocycles. The molecular formula is C48H65ClN12. The van der Waals surface area contributed by atoms with Gasteiger partial charge in [-0.3, -0.25) is 9.58 Å². The van der Waals surface area contributed by atoms with Crippen LogP contribution in [-0.2, 0) is 7.05 Å². The fourth-order valence-corrected chi connectivity index (χ4v) is 9.37. The third-order valence-corrected chi connectivity index (χ3v) is 12.9. The summed E-state index contributed by atoms with van der Waals surface area (Å²) in [5, 5.41) is 16.5. The maximum atomic E-state index is 6.72. The minimum Gasteiger partial charge on any atom is -0.392 e. The first-order valence-electron chi connectivity index (χ1n) is 21.9. The van der Waals surface area contributed by atoms with Crippen molar-refractivity contribution in [2.45, 2.75) is 84.2 Å². The van der Waals surface area contributed by atoms with Crippen LogP contribution in [0.5, 0.6) is 0 Å². The fourth-order valence-electron chi connectivity index (χ4n) is 9.23. The lowest BCUT2D eigenvalue weighted by Crippen LogP contribution is -2.54. The van der Waals surface area contributed by atoms with Gasteiger partial charge in [0.05, 0.1) is 35.0 Å². The van der Waals surface area contributed by atoms with Crippen molar-refractivity contribution < 1.29 is 0 Å². The number of rotatable bonds is 17. The normalized spacial score (nSPS) is 18.0. The largest absolute Gasteiger partial charge is 0.392 e. The van der Waals surface area contributed by atoms with E-state index in [1.165, 1.54) is 35.0 Å². The molecule has 3 aliphatic rings. The Morgan fingerprint density at radius 2 is 1.82 bits per heavy atom. The van der Waals surface area contributed by atoms with Crippen LogP contribution in [0.25, 0.3) is 17.0 Å². The maximum Gasteiger partial charge on any atom is 0.227 e. The number of piperazine rings is 1. The maximum absolute atomic E-state index is 6.72. The van der Waals surface area contributed by atoms with E-state index < -0.39 is 0 Å². The van der Waals surface area contributed by atoms with Gasteiger partial charge in [-0.2, -0.15) is 10.1 Å². The van der Waals surface area contributed by atoms with Gasteiger partial charge in [0.25, 0.3) is 0 Å². The van der Waals surface area contributed by atoms with Gasteiger partial charge in [-0.15, -0.1) is 0 Å². The smallest absolute Gasteiger partial charge is 0.227 e. The van der Waals surface area contributed by atoms with Gasteiger partial charge in [0.15, 0.2) is 5.82 Å². The first-order chi connectivity index (χ1) is 29.3. The summed E-state index contributed by atoms with van der Waals surface area (Å²) in [6, 6.07) is 9.27. The third-order valence-electron chi connectivity index (χ3n) is 12.6. The van der Waals surface area contributed by atoms with E-state index in [1.54, 1.807) is 12.4 Å². The summed E-state index contributed by atoms with van der Waals surface area (Å²) in [5.74, 6) is 3.13. The Morgan fingerprint density at radius 1 is 1.03 bits per heavy atom. The van der Waals surface area contributed by atoms with Crippen LogP contribution in [0, 0.1) is 5.92 Å². The average molecular weight is 846 g/mol. The first-order valence-corrected chi connectivity index (χ1v) is 22.3. The van der Waals surface area contributed by atoms with Gasteiger partial charge in [-0.05, 0) is 95.2 Å². The van der Waals surface area contributed by atoms with E-state index >= 15 is 0 Å². The van der Waals surface area contributed by atoms with E-state index in [-0.39, 0.29) is 12.1 Å². The van der Waals surface area contributed by atoms with Crippen molar-refractivity contribution in [2.24, 2.45) is 13.0 Å². The number of hydrogen-bond acceptors (Lipinski definition) is 11. The molecule has 2 saturated heterocycles. The minimum absolute atomic E-state index is 0.202. The Morgan fingerprint density at radius 3 is 2.54 bits per heavy atom. The molecule has 2 unspecified atom stereocenters. The average Bonchev–Trinajstić information content (AvgIpc) is 3.59. The standard InChI is InChI=1S/C48H65ClN12/c1-11-51-34(6)16-15-32(4)44-41-13-12-14-43(45(41)57(10)56-44)59-21-19-37(20-22-59)30-58-23-24-60(35(7)29-58)48-53-28-42(49)46(55-48)54-40-26-39-25-38(18-17-33(5)50-9)36(8)61(31(2)3)47(39)52-27-40/h11-14,25-28,31-32,35,37,50-51H,1,5-6,8,15-24,29-30H2,2-4,7,9-10H3,(H,53,54,55). The summed E-state index contributed by atoms with van der Waals surface area (Å²) in [7, 11) is 4.00. The van der Waals surface area contributed by atoms with Gasteiger partial charge < -0.3 is 30.7 Å². The molecule has 0 spiro atoms. The number of hydrogen-bond donors (Lipinski definition) is 3. The van der Waals surface area contributed by atoms with E-state index in [2.05, 4.69) is 132 Å². The zero-order valence-electron chi connectivity index (χ0n) is 37.1. The second kappa shape index (κ2) is 19.2. The van der Waals surface area contributed by atoms with Crippen LogP contribution < -0.4 is 30.7 Å². The topological polar surface area (TPSA) is 106 Å². The van der Waals surface area contributed by atoms with Crippen molar-refractivity contribution >= 4 is 57.5 Å². The Kier molecular flexibility index (Phi) is 13.7. The molecule has 0 aliphatic carbocycles. The van der Waals surface area contributed by atoms with Gasteiger partial charge in [0.2, 0.25) is 5.95 Å². The highest BCUT2D eigenvalue weighted by atomic mass is 35.5. The molecule has 2 atom stereocenters. The number of fused-ring (bicyclic) bond motifs is 2. The Balaban J connectivity index is 0.954. The molecule has 13 heteroatoms.